The predicted octanol–water partition coefficient (Wildman–Crippen LogP) is 7.57. The number of piperazine rings is 1. The molecule has 0 saturated carbocycles. The Bertz CT molecular complexity index is 1560. The zero-order valence-corrected chi connectivity index (χ0v) is 24.4. The van der Waals surface area contributed by atoms with Gasteiger partial charge in [0.2, 0.25) is 0 Å². The van der Waals surface area contributed by atoms with Gasteiger partial charge in [0.1, 0.15) is 5.82 Å². The molecule has 6 heteroatoms. The van der Waals surface area contributed by atoms with Crippen LogP contribution in [-0.4, -0.2) is 45.7 Å². The molecule has 204 valence electrons. The van der Waals surface area contributed by atoms with Gasteiger partial charge in [0.05, 0.1) is 17.4 Å². The summed E-state index contributed by atoms with van der Waals surface area (Å²) >= 11 is 6.21. The number of hydrogen-bond donors (Lipinski definition) is 0. The maximum atomic E-state index is 6.21. The standard InChI is InChI=1S/C34H36ClN5/c1-24-31(25-15-17-28(35)18-16-25)33-36-29(34(2,3)4)23-30(40(33)37-24)38-19-21-39(22-20-38)32(26-11-7-5-8-12-26)27-13-9-6-10-14-27/h5-18,23,32H,19-22H2,1-4H3. The first-order valence-electron chi connectivity index (χ1n) is 14.1. The number of rotatable bonds is 5. The number of hydrogen-bond acceptors (Lipinski definition) is 4. The summed E-state index contributed by atoms with van der Waals surface area (Å²) in [5.41, 5.74) is 7.65. The van der Waals surface area contributed by atoms with E-state index in [0.717, 1.165) is 65.2 Å². The monoisotopic (exact) mass is 549 g/mol. The van der Waals surface area contributed by atoms with Crippen LogP contribution in [0.1, 0.15) is 49.3 Å². The van der Waals surface area contributed by atoms with Crippen LogP contribution in [0.3, 0.4) is 0 Å². The van der Waals surface area contributed by atoms with E-state index in [9.17, 15) is 0 Å². The Balaban J connectivity index is 1.37. The topological polar surface area (TPSA) is 36.7 Å². The fourth-order valence-electron chi connectivity index (χ4n) is 5.77. The van der Waals surface area contributed by atoms with E-state index in [0.29, 0.717) is 0 Å². The summed E-state index contributed by atoms with van der Waals surface area (Å²) in [7, 11) is 0. The molecule has 1 aliphatic heterocycles. The summed E-state index contributed by atoms with van der Waals surface area (Å²) in [6, 6.07) is 32.2. The molecule has 1 saturated heterocycles. The number of nitrogens with zero attached hydrogens (tertiary/aromatic N) is 5. The van der Waals surface area contributed by atoms with Crippen molar-refractivity contribution in [2.45, 2.75) is 39.2 Å². The molecule has 0 unspecified atom stereocenters. The summed E-state index contributed by atoms with van der Waals surface area (Å²) in [6.07, 6.45) is 0. The zero-order chi connectivity index (χ0) is 27.9. The Kier molecular flexibility index (Phi) is 7.11. The van der Waals surface area contributed by atoms with Crippen LogP contribution in [0.15, 0.2) is 91.0 Å². The van der Waals surface area contributed by atoms with Crippen LogP contribution in [0.25, 0.3) is 16.8 Å². The maximum Gasteiger partial charge on any atom is 0.165 e. The molecule has 0 bridgehead atoms. The number of anilines is 1. The molecule has 1 fully saturated rings. The third-order valence-electron chi connectivity index (χ3n) is 7.88. The van der Waals surface area contributed by atoms with E-state index in [-0.39, 0.29) is 11.5 Å². The lowest BCUT2D eigenvalue weighted by Crippen LogP contribution is -2.48. The normalized spacial score (nSPS) is 14.8. The van der Waals surface area contributed by atoms with Crippen LogP contribution in [-0.2, 0) is 5.41 Å². The fourth-order valence-corrected chi connectivity index (χ4v) is 5.89. The first-order valence-corrected chi connectivity index (χ1v) is 14.4. The summed E-state index contributed by atoms with van der Waals surface area (Å²) in [6.45, 7) is 12.5. The quantitative estimate of drug-likeness (QED) is 0.226. The first kappa shape index (κ1) is 26.5. The summed E-state index contributed by atoms with van der Waals surface area (Å²) < 4.78 is 2.05. The Hall–Kier alpha value is -3.67. The van der Waals surface area contributed by atoms with E-state index < -0.39 is 0 Å². The summed E-state index contributed by atoms with van der Waals surface area (Å²) in [5.74, 6) is 1.11. The van der Waals surface area contributed by atoms with Gasteiger partial charge in [-0.2, -0.15) is 9.61 Å². The van der Waals surface area contributed by atoms with Crippen LogP contribution < -0.4 is 4.90 Å². The molecule has 6 rings (SSSR count). The van der Waals surface area contributed by atoms with Crippen LogP contribution in [0.4, 0.5) is 5.82 Å². The molecule has 5 nitrogen and oxygen atoms in total. The lowest BCUT2D eigenvalue weighted by molar-refractivity contribution is 0.211. The second kappa shape index (κ2) is 10.7. The Morgan fingerprint density at radius 2 is 1.35 bits per heavy atom. The Labute approximate surface area is 242 Å². The van der Waals surface area contributed by atoms with Crippen LogP contribution >= 0.6 is 11.6 Å². The predicted molar refractivity (Wildman–Crippen MR) is 165 cm³/mol. The number of aromatic nitrogens is 3. The highest BCUT2D eigenvalue weighted by atomic mass is 35.5. The number of halogens is 1. The molecule has 3 aromatic carbocycles. The third kappa shape index (κ3) is 5.12. The van der Waals surface area contributed by atoms with Crippen molar-refractivity contribution in [2.75, 3.05) is 31.1 Å². The van der Waals surface area contributed by atoms with Crippen molar-refractivity contribution in [2.24, 2.45) is 0 Å². The minimum atomic E-state index is -0.0977. The minimum absolute atomic E-state index is 0.0977. The van der Waals surface area contributed by atoms with Crippen molar-refractivity contribution in [3.8, 4) is 11.1 Å². The van der Waals surface area contributed by atoms with Crippen molar-refractivity contribution in [3.05, 3.63) is 119 Å². The van der Waals surface area contributed by atoms with Crippen LogP contribution in [0.2, 0.25) is 5.02 Å². The number of fused-ring (bicyclic) bond motifs is 1. The van der Waals surface area contributed by atoms with Gasteiger partial charge < -0.3 is 4.90 Å². The molecule has 0 atom stereocenters. The summed E-state index contributed by atoms with van der Waals surface area (Å²) in [5, 5.41) is 5.75. The molecule has 0 amide bonds. The molecule has 2 aromatic heterocycles. The van der Waals surface area contributed by atoms with Crippen LogP contribution in [0, 0.1) is 6.92 Å². The summed E-state index contributed by atoms with van der Waals surface area (Å²) in [4.78, 5) is 10.3. The van der Waals surface area contributed by atoms with Crippen LogP contribution in [0.5, 0.6) is 0 Å². The smallest absolute Gasteiger partial charge is 0.165 e. The lowest BCUT2D eigenvalue weighted by atomic mass is 9.91. The molecule has 1 aliphatic rings. The maximum absolute atomic E-state index is 6.21. The van der Waals surface area contributed by atoms with Crippen molar-refractivity contribution < 1.29 is 0 Å². The second-order valence-electron chi connectivity index (χ2n) is 11.7. The highest BCUT2D eigenvalue weighted by molar-refractivity contribution is 6.30. The van der Waals surface area contributed by atoms with Crippen molar-refractivity contribution in [1.29, 1.82) is 0 Å². The van der Waals surface area contributed by atoms with Gasteiger partial charge in [0, 0.05) is 48.2 Å². The Morgan fingerprint density at radius 3 is 1.90 bits per heavy atom. The molecular formula is C34H36ClN5. The lowest BCUT2D eigenvalue weighted by Gasteiger charge is -2.40. The van der Waals surface area contributed by atoms with Gasteiger partial charge in [-0.15, -0.1) is 0 Å². The first-order chi connectivity index (χ1) is 19.3. The van der Waals surface area contributed by atoms with E-state index in [2.05, 4.69) is 121 Å². The van der Waals surface area contributed by atoms with Gasteiger partial charge >= 0.3 is 0 Å². The zero-order valence-electron chi connectivity index (χ0n) is 23.7. The van der Waals surface area contributed by atoms with Gasteiger partial charge in [-0.05, 0) is 35.7 Å². The SMILES string of the molecule is Cc1nn2c(N3CCN(C(c4ccccc4)c4ccccc4)CC3)cc(C(C)(C)C)nc2c1-c1ccc(Cl)cc1. The largest absolute Gasteiger partial charge is 0.354 e. The van der Waals surface area contributed by atoms with Gasteiger partial charge in [-0.1, -0.05) is 105 Å². The highest BCUT2D eigenvalue weighted by Gasteiger charge is 2.29. The average molecular weight is 550 g/mol. The number of benzene rings is 3. The van der Waals surface area contributed by atoms with E-state index in [4.69, 9.17) is 21.7 Å². The highest BCUT2D eigenvalue weighted by Crippen LogP contribution is 2.35. The van der Waals surface area contributed by atoms with Crippen molar-refractivity contribution in [3.63, 3.8) is 0 Å². The molecule has 5 aromatic rings. The van der Waals surface area contributed by atoms with E-state index in [1.807, 2.05) is 12.1 Å². The van der Waals surface area contributed by atoms with Gasteiger partial charge in [0.25, 0.3) is 0 Å². The number of aryl methyl sites for hydroxylation is 1. The molecule has 0 spiro atoms. The van der Waals surface area contributed by atoms with E-state index in [1.54, 1.807) is 0 Å². The van der Waals surface area contributed by atoms with Crippen molar-refractivity contribution in [1.82, 2.24) is 19.5 Å². The van der Waals surface area contributed by atoms with Gasteiger partial charge in [0.15, 0.2) is 5.65 Å². The fraction of sp³-hybridized carbons (Fsp3) is 0.294. The molecule has 40 heavy (non-hydrogen) atoms. The van der Waals surface area contributed by atoms with E-state index >= 15 is 0 Å². The van der Waals surface area contributed by atoms with Gasteiger partial charge in [-0.3, -0.25) is 4.90 Å². The molecule has 0 N–H and O–H groups in total. The molecular weight excluding hydrogens is 514 g/mol. The average Bonchev–Trinajstić information content (AvgIpc) is 3.30. The molecule has 0 radical (unpaired) electrons. The second-order valence-corrected chi connectivity index (χ2v) is 12.1. The van der Waals surface area contributed by atoms with Gasteiger partial charge in [-0.25, -0.2) is 4.98 Å². The molecule has 0 aliphatic carbocycles. The Morgan fingerprint density at radius 1 is 0.775 bits per heavy atom. The minimum Gasteiger partial charge on any atom is -0.354 e. The van der Waals surface area contributed by atoms with Crippen molar-refractivity contribution >= 4 is 23.1 Å². The molecule has 3 heterocycles. The third-order valence-corrected chi connectivity index (χ3v) is 8.13. The van der Waals surface area contributed by atoms with E-state index in [1.165, 1.54) is 11.1 Å².